The molecule has 1 heterocycles. The summed E-state index contributed by atoms with van der Waals surface area (Å²) in [7, 11) is 1.83. The number of hydrogen-bond acceptors (Lipinski definition) is 5. The van der Waals surface area contributed by atoms with Crippen molar-refractivity contribution < 1.29 is 9.66 Å². The fourth-order valence-corrected chi connectivity index (χ4v) is 1.32. The molecule has 1 unspecified atom stereocenters. The third kappa shape index (κ3) is 3.16. The number of pyridine rings is 1. The summed E-state index contributed by atoms with van der Waals surface area (Å²) in [5.41, 5.74) is 0.368. The second-order valence-corrected chi connectivity index (χ2v) is 3.50. The largest absolute Gasteiger partial charge is 0.473 e. The minimum Gasteiger partial charge on any atom is -0.473 e. The Morgan fingerprint density at radius 2 is 2.31 bits per heavy atom. The molecule has 0 aliphatic rings. The maximum atomic E-state index is 10.6. The van der Waals surface area contributed by atoms with Crippen molar-refractivity contribution in [1.29, 1.82) is 0 Å². The van der Waals surface area contributed by atoms with E-state index in [2.05, 4.69) is 10.3 Å². The van der Waals surface area contributed by atoms with Crippen LogP contribution in [0.3, 0.4) is 0 Å². The van der Waals surface area contributed by atoms with Gasteiger partial charge in [0, 0.05) is 18.7 Å². The van der Waals surface area contributed by atoms with Gasteiger partial charge < -0.3 is 10.1 Å². The lowest BCUT2D eigenvalue weighted by Crippen LogP contribution is -2.26. The Kier molecular flexibility index (Phi) is 4.19. The number of ether oxygens (including phenoxy) is 1. The monoisotopic (exact) mass is 225 g/mol. The van der Waals surface area contributed by atoms with Crippen LogP contribution in [0.5, 0.6) is 5.88 Å². The van der Waals surface area contributed by atoms with Crippen molar-refractivity contribution in [2.75, 3.05) is 13.6 Å². The van der Waals surface area contributed by atoms with Crippen LogP contribution in [0.1, 0.15) is 12.6 Å². The number of likely N-dealkylation sites (N-methyl/N-ethyl adjacent to an activating group) is 1. The third-order valence-corrected chi connectivity index (χ3v) is 2.04. The summed E-state index contributed by atoms with van der Waals surface area (Å²) < 4.78 is 5.47. The van der Waals surface area contributed by atoms with Gasteiger partial charge >= 0.3 is 0 Å². The maximum absolute atomic E-state index is 10.6. The molecule has 1 atom stereocenters. The first-order valence-corrected chi connectivity index (χ1v) is 4.98. The van der Waals surface area contributed by atoms with Crippen molar-refractivity contribution >= 4 is 5.69 Å². The zero-order valence-electron chi connectivity index (χ0n) is 9.56. The molecule has 16 heavy (non-hydrogen) atoms. The molecule has 0 aromatic carbocycles. The summed E-state index contributed by atoms with van der Waals surface area (Å²) in [6.07, 6.45) is -0.0293. The first kappa shape index (κ1) is 12.4. The molecule has 1 N–H and O–H groups in total. The van der Waals surface area contributed by atoms with E-state index in [4.69, 9.17) is 4.74 Å². The Bertz CT molecular complexity index is 382. The zero-order valence-corrected chi connectivity index (χ0v) is 9.56. The molecule has 1 aromatic heterocycles. The SMILES string of the molecule is CNCC(C)Oc1ccc([N+](=O)[O-])c(C)n1. The van der Waals surface area contributed by atoms with E-state index < -0.39 is 4.92 Å². The molecule has 0 amide bonds. The predicted molar refractivity (Wildman–Crippen MR) is 59.6 cm³/mol. The fourth-order valence-electron chi connectivity index (χ4n) is 1.32. The van der Waals surface area contributed by atoms with Crippen molar-refractivity contribution in [2.24, 2.45) is 0 Å². The topological polar surface area (TPSA) is 77.3 Å². The lowest BCUT2D eigenvalue weighted by atomic mass is 10.3. The van der Waals surface area contributed by atoms with Gasteiger partial charge in [0.1, 0.15) is 11.8 Å². The van der Waals surface area contributed by atoms with Crippen molar-refractivity contribution in [2.45, 2.75) is 20.0 Å². The van der Waals surface area contributed by atoms with Crippen LogP contribution in [0, 0.1) is 17.0 Å². The van der Waals surface area contributed by atoms with E-state index in [1.807, 2.05) is 14.0 Å². The Morgan fingerprint density at radius 3 is 2.81 bits per heavy atom. The first-order valence-electron chi connectivity index (χ1n) is 4.98. The molecule has 0 saturated heterocycles. The predicted octanol–water partition coefficient (Wildman–Crippen LogP) is 1.28. The summed E-state index contributed by atoms with van der Waals surface area (Å²) in [4.78, 5) is 14.1. The third-order valence-electron chi connectivity index (χ3n) is 2.04. The number of hydrogen-bond donors (Lipinski definition) is 1. The highest BCUT2D eigenvalue weighted by Gasteiger charge is 2.13. The second kappa shape index (κ2) is 5.41. The molecule has 0 radical (unpaired) electrons. The number of nitrogens with zero attached hydrogens (tertiary/aromatic N) is 2. The summed E-state index contributed by atoms with van der Waals surface area (Å²) >= 11 is 0. The fraction of sp³-hybridized carbons (Fsp3) is 0.500. The van der Waals surface area contributed by atoms with Gasteiger partial charge in [0.05, 0.1) is 4.92 Å². The molecule has 0 spiro atoms. The highest BCUT2D eigenvalue weighted by atomic mass is 16.6. The Hall–Kier alpha value is -1.69. The van der Waals surface area contributed by atoms with E-state index in [0.29, 0.717) is 18.1 Å². The van der Waals surface area contributed by atoms with Crippen LogP contribution in [0.4, 0.5) is 5.69 Å². The van der Waals surface area contributed by atoms with Gasteiger partial charge in [0.25, 0.3) is 5.69 Å². The quantitative estimate of drug-likeness (QED) is 0.603. The number of aromatic nitrogens is 1. The van der Waals surface area contributed by atoms with Crippen LogP contribution >= 0.6 is 0 Å². The van der Waals surface area contributed by atoms with Gasteiger partial charge in [0.2, 0.25) is 5.88 Å². The van der Waals surface area contributed by atoms with Crippen molar-refractivity contribution in [3.05, 3.63) is 27.9 Å². The number of nitrogens with one attached hydrogen (secondary N) is 1. The van der Waals surface area contributed by atoms with Crippen molar-refractivity contribution in [3.8, 4) is 5.88 Å². The molecule has 0 fully saturated rings. The molecule has 0 saturated carbocycles. The molecular weight excluding hydrogens is 210 g/mol. The number of nitro groups is 1. The van der Waals surface area contributed by atoms with Crippen LogP contribution < -0.4 is 10.1 Å². The molecule has 0 aliphatic heterocycles. The summed E-state index contributed by atoms with van der Waals surface area (Å²) in [5.74, 6) is 0.408. The molecular formula is C10H15N3O3. The lowest BCUT2D eigenvalue weighted by Gasteiger charge is -2.13. The molecule has 1 rings (SSSR count). The van der Waals surface area contributed by atoms with E-state index >= 15 is 0 Å². The molecule has 0 aliphatic carbocycles. The van der Waals surface area contributed by atoms with Gasteiger partial charge in [-0.1, -0.05) is 0 Å². The smallest absolute Gasteiger partial charge is 0.290 e. The van der Waals surface area contributed by atoms with Gasteiger partial charge in [-0.3, -0.25) is 10.1 Å². The Morgan fingerprint density at radius 1 is 1.62 bits per heavy atom. The van der Waals surface area contributed by atoms with E-state index in [1.165, 1.54) is 12.1 Å². The minimum absolute atomic E-state index is 0.00798. The number of aryl methyl sites for hydroxylation is 1. The summed E-state index contributed by atoms with van der Waals surface area (Å²) in [6.45, 7) is 4.18. The molecule has 6 nitrogen and oxygen atoms in total. The van der Waals surface area contributed by atoms with Crippen LogP contribution in [0.15, 0.2) is 12.1 Å². The summed E-state index contributed by atoms with van der Waals surface area (Å²) in [5, 5.41) is 13.5. The van der Waals surface area contributed by atoms with Gasteiger partial charge in [-0.2, -0.15) is 0 Å². The van der Waals surface area contributed by atoms with E-state index in [0.717, 1.165) is 0 Å². The average Bonchev–Trinajstić information content (AvgIpc) is 2.17. The molecule has 0 bridgehead atoms. The van der Waals surface area contributed by atoms with Crippen LogP contribution in [0.25, 0.3) is 0 Å². The Balaban J connectivity index is 2.77. The second-order valence-electron chi connectivity index (χ2n) is 3.50. The van der Waals surface area contributed by atoms with Crippen LogP contribution in [-0.2, 0) is 0 Å². The van der Waals surface area contributed by atoms with Crippen molar-refractivity contribution in [1.82, 2.24) is 10.3 Å². The number of rotatable bonds is 5. The average molecular weight is 225 g/mol. The minimum atomic E-state index is -0.455. The molecule has 1 aromatic rings. The van der Waals surface area contributed by atoms with Crippen LogP contribution in [0.2, 0.25) is 0 Å². The lowest BCUT2D eigenvalue weighted by molar-refractivity contribution is -0.385. The van der Waals surface area contributed by atoms with E-state index in [1.54, 1.807) is 6.92 Å². The van der Waals surface area contributed by atoms with Gasteiger partial charge in [-0.15, -0.1) is 0 Å². The maximum Gasteiger partial charge on any atom is 0.290 e. The molecule has 6 heteroatoms. The van der Waals surface area contributed by atoms with E-state index in [9.17, 15) is 10.1 Å². The standard InChI is InChI=1S/C10H15N3O3/c1-7(6-11-3)16-10-5-4-9(13(14)15)8(2)12-10/h4-5,7,11H,6H2,1-3H3. The Labute approximate surface area is 93.8 Å². The highest BCUT2D eigenvalue weighted by molar-refractivity contribution is 5.36. The van der Waals surface area contributed by atoms with Gasteiger partial charge in [-0.25, -0.2) is 4.98 Å². The van der Waals surface area contributed by atoms with Gasteiger partial charge in [-0.05, 0) is 20.9 Å². The zero-order chi connectivity index (χ0) is 12.1. The molecule has 88 valence electrons. The van der Waals surface area contributed by atoms with E-state index in [-0.39, 0.29) is 11.8 Å². The van der Waals surface area contributed by atoms with Crippen LogP contribution in [-0.4, -0.2) is 29.6 Å². The van der Waals surface area contributed by atoms with Crippen molar-refractivity contribution in [3.63, 3.8) is 0 Å². The normalized spacial score (nSPS) is 12.2. The first-order chi connectivity index (χ1) is 7.54. The summed E-state index contributed by atoms with van der Waals surface area (Å²) in [6, 6.07) is 2.92. The van der Waals surface area contributed by atoms with Gasteiger partial charge in [0.15, 0.2) is 0 Å². The highest BCUT2D eigenvalue weighted by Crippen LogP contribution is 2.19.